The maximum Gasteiger partial charge on any atom is 0.0136 e. The molecule has 0 radical (unpaired) electrons. The van der Waals surface area contributed by atoms with Gasteiger partial charge >= 0.3 is 0 Å². The first-order valence-corrected chi connectivity index (χ1v) is 6.56. The van der Waals surface area contributed by atoms with Crippen LogP contribution >= 0.6 is 0 Å². The molecular weight excluding hydrogens is 198 g/mol. The Labute approximate surface area is 101 Å². The van der Waals surface area contributed by atoms with E-state index >= 15 is 0 Å². The van der Waals surface area contributed by atoms with Gasteiger partial charge in [0.05, 0.1) is 0 Å². The van der Waals surface area contributed by atoms with Crippen LogP contribution in [0.5, 0.6) is 0 Å². The fraction of sp³-hybridized carbons (Fsp3) is 1.00. The molecule has 1 unspecified atom stereocenters. The van der Waals surface area contributed by atoms with Crippen LogP contribution in [-0.2, 0) is 0 Å². The molecule has 0 bridgehead atoms. The van der Waals surface area contributed by atoms with Crippen LogP contribution in [0.15, 0.2) is 0 Å². The Balaban J connectivity index is 2.32. The van der Waals surface area contributed by atoms with Gasteiger partial charge in [-0.2, -0.15) is 0 Å². The molecule has 3 heteroatoms. The van der Waals surface area contributed by atoms with Crippen molar-refractivity contribution < 1.29 is 0 Å². The van der Waals surface area contributed by atoms with Gasteiger partial charge in [-0.1, -0.05) is 13.8 Å². The largest absolute Gasteiger partial charge is 0.327 e. The molecule has 1 aliphatic heterocycles. The Morgan fingerprint density at radius 1 is 1.38 bits per heavy atom. The number of piperidine rings is 1. The van der Waals surface area contributed by atoms with Gasteiger partial charge in [-0.15, -0.1) is 0 Å². The number of hydrogen-bond donors (Lipinski definition) is 2. The van der Waals surface area contributed by atoms with Gasteiger partial charge in [0, 0.05) is 19.1 Å². The lowest BCUT2D eigenvalue weighted by Crippen LogP contribution is -2.43. The summed E-state index contributed by atoms with van der Waals surface area (Å²) in [6.45, 7) is 11.3. The Bertz CT molecular complexity index is 193. The van der Waals surface area contributed by atoms with Gasteiger partial charge in [0.25, 0.3) is 0 Å². The van der Waals surface area contributed by atoms with Crippen molar-refractivity contribution in [1.29, 1.82) is 0 Å². The van der Waals surface area contributed by atoms with E-state index in [4.69, 9.17) is 5.73 Å². The lowest BCUT2D eigenvalue weighted by molar-refractivity contribution is 0.113. The third kappa shape index (κ3) is 4.40. The predicted molar refractivity (Wildman–Crippen MR) is 70.5 cm³/mol. The second-order valence-corrected chi connectivity index (χ2v) is 6.17. The number of nitrogens with two attached hydrogens (primary N) is 1. The second kappa shape index (κ2) is 5.99. The molecule has 1 fully saturated rings. The Hall–Kier alpha value is -0.120. The monoisotopic (exact) mass is 227 g/mol. The van der Waals surface area contributed by atoms with E-state index in [2.05, 4.69) is 38.0 Å². The molecule has 1 aliphatic rings. The van der Waals surface area contributed by atoms with Gasteiger partial charge in [0.2, 0.25) is 0 Å². The van der Waals surface area contributed by atoms with Crippen molar-refractivity contribution in [3.8, 4) is 0 Å². The third-order valence-corrected chi connectivity index (χ3v) is 3.87. The molecule has 1 atom stereocenters. The topological polar surface area (TPSA) is 41.3 Å². The van der Waals surface area contributed by atoms with Crippen LogP contribution in [0, 0.1) is 11.3 Å². The summed E-state index contributed by atoms with van der Waals surface area (Å²) in [4.78, 5) is 2.43. The van der Waals surface area contributed by atoms with Crippen molar-refractivity contribution in [3.05, 3.63) is 0 Å². The zero-order valence-electron chi connectivity index (χ0n) is 11.4. The van der Waals surface area contributed by atoms with Gasteiger partial charge in [-0.25, -0.2) is 0 Å². The van der Waals surface area contributed by atoms with E-state index in [1.165, 1.54) is 25.9 Å². The van der Waals surface area contributed by atoms with E-state index in [-0.39, 0.29) is 6.04 Å². The van der Waals surface area contributed by atoms with Crippen LogP contribution < -0.4 is 11.1 Å². The highest BCUT2D eigenvalue weighted by molar-refractivity contribution is 4.84. The molecule has 0 aromatic rings. The number of rotatable bonds is 5. The maximum absolute atomic E-state index is 5.75. The quantitative estimate of drug-likeness (QED) is 0.744. The maximum atomic E-state index is 5.75. The third-order valence-electron chi connectivity index (χ3n) is 3.87. The summed E-state index contributed by atoms with van der Waals surface area (Å²) in [5.74, 6) is 0.851. The summed E-state index contributed by atoms with van der Waals surface area (Å²) in [6, 6.07) is 0.258. The van der Waals surface area contributed by atoms with Crippen molar-refractivity contribution in [2.24, 2.45) is 17.1 Å². The van der Waals surface area contributed by atoms with Crippen LogP contribution in [0.4, 0.5) is 0 Å². The molecule has 0 aromatic carbocycles. The summed E-state index contributed by atoms with van der Waals surface area (Å²) in [5.41, 5.74) is 6.15. The molecule has 0 aliphatic carbocycles. The molecule has 0 spiro atoms. The SMILES string of the molecule is CC(N)CNCC(C)(C)C1CCN(C)CC1. The molecule has 96 valence electrons. The average molecular weight is 227 g/mol. The molecule has 1 saturated heterocycles. The van der Waals surface area contributed by atoms with Crippen molar-refractivity contribution in [2.75, 3.05) is 33.2 Å². The molecule has 3 N–H and O–H groups in total. The number of likely N-dealkylation sites (tertiary alicyclic amines) is 1. The molecule has 16 heavy (non-hydrogen) atoms. The zero-order chi connectivity index (χ0) is 12.2. The van der Waals surface area contributed by atoms with E-state index in [0.717, 1.165) is 19.0 Å². The highest BCUT2D eigenvalue weighted by atomic mass is 15.1. The normalized spacial score (nSPS) is 22.3. The van der Waals surface area contributed by atoms with Crippen LogP contribution in [0.3, 0.4) is 0 Å². The van der Waals surface area contributed by atoms with Crippen LogP contribution in [0.2, 0.25) is 0 Å². The number of nitrogens with zero attached hydrogens (tertiary/aromatic N) is 1. The minimum absolute atomic E-state index is 0.258. The predicted octanol–water partition coefficient (Wildman–Crippen LogP) is 1.29. The van der Waals surface area contributed by atoms with Gasteiger partial charge in [0.15, 0.2) is 0 Å². The van der Waals surface area contributed by atoms with E-state index in [1.54, 1.807) is 0 Å². The van der Waals surface area contributed by atoms with Crippen molar-refractivity contribution >= 4 is 0 Å². The van der Waals surface area contributed by atoms with E-state index in [9.17, 15) is 0 Å². The van der Waals surface area contributed by atoms with Crippen molar-refractivity contribution in [3.63, 3.8) is 0 Å². The first kappa shape index (κ1) is 13.9. The fourth-order valence-corrected chi connectivity index (χ4v) is 2.56. The first-order chi connectivity index (χ1) is 7.42. The first-order valence-electron chi connectivity index (χ1n) is 6.56. The van der Waals surface area contributed by atoms with E-state index < -0.39 is 0 Å². The van der Waals surface area contributed by atoms with Crippen LogP contribution in [-0.4, -0.2) is 44.2 Å². The van der Waals surface area contributed by atoms with Crippen LogP contribution in [0.25, 0.3) is 0 Å². The van der Waals surface area contributed by atoms with Gasteiger partial charge in [-0.05, 0) is 51.2 Å². The smallest absolute Gasteiger partial charge is 0.0136 e. The minimum Gasteiger partial charge on any atom is -0.327 e. The Morgan fingerprint density at radius 2 is 1.94 bits per heavy atom. The summed E-state index contributed by atoms with van der Waals surface area (Å²) in [7, 11) is 2.22. The highest BCUT2D eigenvalue weighted by Crippen LogP contribution is 2.33. The van der Waals surface area contributed by atoms with E-state index in [0.29, 0.717) is 5.41 Å². The lowest BCUT2D eigenvalue weighted by atomic mass is 9.73. The molecular formula is C13H29N3. The van der Waals surface area contributed by atoms with Crippen LogP contribution in [0.1, 0.15) is 33.6 Å². The Kier molecular flexibility index (Phi) is 5.22. The molecule has 3 nitrogen and oxygen atoms in total. The summed E-state index contributed by atoms with van der Waals surface area (Å²) in [6.07, 6.45) is 2.67. The second-order valence-electron chi connectivity index (χ2n) is 6.17. The molecule has 0 aromatic heterocycles. The minimum atomic E-state index is 0.258. The van der Waals surface area contributed by atoms with E-state index in [1.807, 2.05) is 0 Å². The molecule has 1 rings (SSSR count). The average Bonchev–Trinajstić information content (AvgIpc) is 2.17. The summed E-state index contributed by atoms with van der Waals surface area (Å²) >= 11 is 0. The molecule has 0 saturated carbocycles. The van der Waals surface area contributed by atoms with Crippen molar-refractivity contribution in [1.82, 2.24) is 10.2 Å². The van der Waals surface area contributed by atoms with Gasteiger partial charge < -0.3 is 16.0 Å². The number of nitrogens with one attached hydrogen (secondary N) is 1. The fourth-order valence-electron chi connectivity index (χ4n) is 2.56. The Morgan fingerprint density at radius 3 is 2.44 bits per heavy atom. The zero-order valence-corrected chi connectivity index (χ0v) is 11.4. The molecule has 1 heterocycles. The van der Waals surface area contributed by atoms with Gasteiger partial charge in [-0.3, -0.25) is 0 Å². The van der Waals surface area contributed by atoms with Gasteiger partial charge in [0.1, 0.15) is 0 Å². The molecule has 0 amide bonds. The summed E-state index contributed by atoms with van der Waals surface area (Å²) < 4.78 is 0. The lowest BCUT2D eigenvalue weighted by Gasteiger charge is -2.40. The summed E-state index contributed by atoms with van der Waals surface area (Å²) in [5, 5.41) is 3.50. The highest BCUT2D eigenvalue weighted by Gasteiger charge is 2.31. The standard InChI is InChI=1S/C13H29N3/c1-11(14)9-15-10-13(2,3)12-5-7-16(4)8-6-12/h11-12,15H,5-10,14H2,1-4H3. The number of hydrogen-bond acceptors (Lipinski definition) is 3. The van der Waals surface area contributed by atoms with Crippen molar-refractivity contribution in [2.45, 2.75) is 39.7 Å².